The summed E-state index contributed by atoms with van der Waals surface area (Å²) in [6.07, 6.45) is 3.80. The predicted molar refractivity (Wildman–Crippen MR) is 75.8 cm³/mol. The van der Waals surface area contributed by atoms with E-state index in [1.807, 2.05) is 19.3 Å². The van der Waals surface area contributed by atoms with E-state index in [2.05, 4.69) is 52.9 Å². The molecule has 0 saturated carbocycles. The molecule has 1 aromatic rings. The third-order valence-corrected chi connectivity index (χ3v) is 2.37. The van der Waals surface area contributed by atoms with Crippen molar-refractivity contribution in [3.8, 4) is 0 Å². The zero-order valence-electron chi connectivity index (χ0n) is 12.1. The summed E-state index contributed by atoms with van der Waals surface area (Å²) in [7, 11) is 0. The molecule has 0 fully saturated rings. The molecular formula is C13H25N5. The van der Waals surface area contributed by atoms with Gasteiger partial charge in [0.25, 0.3) is 0 Å². The first-order valence-electron chi connectivity index (χ1n) is 6.46. The highest BCUT2D eigenvalue weighted by atomic mass is 15.2. The fraction of sp³-hybridized carbons (Fsp3) is 0.692. The van der Waals surface area contributed by atoms with Crippen LogP contribution in [0.25, 0.3) is 0 Å². The molecule has 1 heterocycles. The number of aliphatic imine (C=N–C) groups is 1. The van der Waals surface area contributed by atoms with Gasteiger partial charge in [-0.3, -0.25) is 4.99 Å². The second-order valence-electron chi connectivity index (χ2n) is 5.30. The van der Waals surface area contributed by atoms with E-state index in [-0.39, 0.29) is 5.54 Å². The Labute approximate surface area is 110 Å². The highest BCUT2D eigenvalue weighted by Gasteiger charge is 2.11. The van der Waals surface area contributed by atoms with Crippen molar-refractivity contribution in [2.24, 2.45) is 4.99 Å². The summed E-state index contributed by atoms with van der Waals surface area (Å²) in [6.45, 7) is 12.9. The Hall–Kier alpha value is -1.52. The summed E-state index contributed by atoms with van der Waals surface area (Å²) < 4.78 is 2.10. The van der Waals surface area contributed by atoms with E-state index in [0.29, 0.717) is 0 Å². The minimum atomic E-state index is 0.0198. The lowest BCUT2D eigenvalue weighted by Gasteiger charge is -2.23. The number of imidazole rings is 1. The summed E-state index contributed by atoms with van der Waals surface area (Å²) in [6, 6.07) is 0. The van der Waals surface area contributed by atoms with Crippen molar-refractivity contribution >= 4 is 5.96 Å². The standard InChI is InChI=1S/C13H25N5/c1-6-14-12(17-13(3,4)5)16-8-10-18-9-7-15-11(18)2/h7,9H,6,8,10H2,1-5H3,(H2,14,16,17). The summed E-state index contributed by atoms with van der Waals surface area (Å²) in [5.41, 5.74) is 0.0198. The summed E-state index contributed by atoms with van der Waals surface area (Å²) in [5.74, 6) is 1.89. The lowest BCUT2D eigenvalue weighted by molar-refractivity contribution is 0.501. The average molecular weight is 251 g/mol. The van der Waals surface area contributed by atoms with Gasteiger partial charge in [-0.25, -0.2) is 4.98 Å². The van der Waals surface area contributed by atoms with Crippen LogP contribution in [0.5, 0.6) is 0 Å². The van der Waals surface area contributed by atoms with Crippen molar-refractivity contribution in [3.05, 3.63) is 18.2 Å². The van der Waals surface area contributed by atoms with Crippen LogP contribution in [0, 0.1) is 6.92 Å². The lowest BCUT2D eigenvalue weighted by atomic mass is 10.1. The van der Waals surface area contributed by atoms with Crippen molar-refractivity contribution in [1.82, 2.24) is 20.2 Å². The third-order valence-electron chi connectivity index (χ3n) is 2.37. The van der Waals surface area contributed by atoms with Gasteiger partial charge in [0.15, 0.2) is 5.96 Å². The van der Waals surface area contributed by atoms with E-state index < -0.39 is 0 Å². The van der Waals surface area contributed by atoms with Crippen LogP contribution in [0.3, 0.4) is 0 Å². The molecule has 0 amide bonds. The van der Waals surface area contributed by atoms with Crippen molar-refractivity contribution in [1.29, 1.82) is 0 Å². The molecule has 0 spiro atoms. The van der Waals surface area contributed by atoms with Gasteiger partial charge in [0.05, 0.1) is 6.54 Å². The number of hydrogen-bond donors (Lipinski definition) is 2. The summed E-state index contributed by atoms with van der Waals surface area (Å²) in [4.78, 5) is 8.75. The zero-order valence-corrected chi connectivity index (χ0v) is 12.1. The molecule has 0 aliphatic carbocycles. The van der Waals surface area contributed by atoms with Gasteiger partial charge >= 0.3 is 0 Å². The Morgan fingerprint density at radius 3 is 2.67 bits per heavy atom. The van der Waals surface area contributed by atoms with E-state index in [1.54, 1.807) is 0 Å². The van der Waals surface area contributed by atoms with Crippen LogP contribution in [-0.2, 0) is 6.54 Å². The van der Waals surface area contributed by atoms with Crippen molar-refractivity contribution in [3.63, 3.8) is 0 Å². The Bertz CT molecular complexity index is 386. The molecule has 0 bridgehead atoms. The molecule has 5 heteroatoms. The van der Waals surface area contributed by atoms with Gasteiger partial charge in [-0.1, -0.05) is 0 Å². The maximum atomic E-state index is 4.56. The van der Waals surface area contributed by atoms with E-state index >= 15 is 0 Å². The number of nitrogens with zero attached hydrogens (tertiary/aromatic N) is 3. The lowest BCUT2D eigenvalue weighted by Crippen LogP contribution is -2.47. The van der Waals surface area contributed by atoms with Crippen molar-refractivity contribution in [2.45, 2.75) is 46.7 Å². The number of aryl methyl sites for hydroxylation is 1. The van der Waals surface area contributed by atoms with Crippen LogP contribution >= 0.6 is 0 Å². The molecule has 0 atom stereocenters. The maximum absolute atomic E-state index is 4.56. The van der Waals surface area contributed by atoms with Crippen LogP contribution in [0.15, 0.2) is 17.4 Å². The zero-order chi connectivity index (χ0) is 13.6. The SMILES string of the molecule is CCNC(=NCCn1ccnc1C)NC(C)(C)C. The number of rotatable bonds is 4. The third kappa shape index (κ3) is 5.21. The van der Waals surface area contributed by atoms with Crippen LogP contribution < -0.4 is 10.6 Å². The molecular weight excluding hydrogens is 226 g/mol. The Morgan fingerprint density at radius 1 is 1.44 bits per heavy atom. The van der Waals surface area contributed by atoms with E-state index in [1.165, 1.54) is 0 Å². The van der Waals surface area contributed by atoms with Crippen LogP contribution in [0.1, 0.15) is 33.5 Å². The summed E-state index contributed by atoms with van der Waals surface area (Å²) in [5, 5.41) is 6.61. The highest BCUT2D eigenvalue weighted by molar-refractivity contribution is 5.80. The Kier molecular flexibility index (Phi) is 5.19. The molecule has 1 aromatic heterocycles. The fourth-order valence-corrected chi connectivity index (χ4v) is 1.57. The molecule has 0 aliphatic heterocycles. The molecule has 5 nitrogen and oxygen atoms in total. The van der Waals surface area contributed by atoms with E-state index in [9.17, 15) is 0 Å². The average Bonchev–Trinajstić information content (AvgIpc) is 2.62. The molecule has 18 heavy (non-hydrogen) atoms. The molecule has 0 unspecified atom stereocenters. The number of hydrogen-bond acceptors (Lipinski definition) is 2. The normalized spacial score (nSPS) is 12.6. The Balaban J connectivity index is 2.53. The molecule has 102 valence electrons. The van der Waals surface area contributed by atoms with Gasteiger partial charge in [0, 0.05) is 31.0 Å². The second kappa shape index (κ2) is 6.42. The van der Waals surface area contributed by atoms with Crippen LogP contribution in [0.4, 0.5) is 0 Å². The minimum absolute atomic E-state index is 0.0198. The van der Waals surface area contributed by atoms with Gasteiger partial charge < -0.3 is 15.2 Å². The number of aromatic nitrogens is 2. The molecule has 0 saturated heterocycles. The molecule has 2 N–H and O–H groups in total. The van der Waals surface area contributed by atoms with E-state index in [0.717, 1.165) is 31.4 Å². The monoisotopic (exact) mass is 251 g/mol. The molecule has 0 radical (unpaired) electrons. The van der Waals surface area contributed by atoms with Gasteiger partial charge in [-0.05, 0) is 34.6 Å². The van der Waals surface area contributed by atoms with Crippen LogP contribution in [-0.4, -0.2) is 34.1 Å². The Morgan fingerprint density at radius 2 is 2.17 bits per heavy atom. The number of guanidine groups is 1. The largest absolute Gasteiger partial charge is 0.357 e. The van der Waals surface area contributed by atoms with Gasteiger partial charge in [0.2, 0.25) is 0 Å². The van der Waals surface area contributed by atoms with Crippen LogP contribution in [0.2, 0.25) is 0 Å². The first-order valence-corrected chi connectivity index (χ1v) is 6.46. The second-order valence-corrected chi connectivity index (χ2v) is 5.30. The maximum Gasteiger partial charge on any atom is 0.191 e. The van der Waals surface area contributed by atoms with Gasteiger partial charge in [0.1, 0.15) is 5.82 Å². The number of nitrogens with one attached hydrogen (secondary N) is 2. The van der Waals surface area contributed by atoms with Crippen molar-refractivity contribution < 1.29 is 0 Å². The highest BCUT2D eigenvalue weighted by Crippen LogP contribution is 1.98. The minimum Gasteiger partial charge on any atom is -0.357 e. The van der Waals surface area contributed by atoms with Gasteiger partial charge in [-0.2, -0.15) is 0 Å². The molecule has 1 rings (SSSR count). The van der Waals surface area contributed by atoms with Gasteiger partial charge in [-0.15, -0.1) is 0 Å². The van der Waals surface area contributed by atoms with E-state index in [4.69, 9.17) is 0 Å². The quantitative estimate of drug-likeness (QED) is 0.630. The first-order chi connectivity index (χ1) is 8.42. The predicted octanol–water partition coefficient (Wildman–Crippen LogP) is 1.55. The smallest absolute Gasteiger partial charge is 0.191 e. The molecule has 0 aromatic carbocycles. The fourth-order valence-electron chi connectivity index (χ4n) is 1.57. The summed E-state index contributed by atoms with van der Waals surface area (Å²) >= 11 is 0. The first kappa shape index (κ1) is 14.5. The van der Waals surface area contributed by atoms with Crippen molar-refractivity contribution in [2.75, 3.05) is 13.1 Å². The topological polar surface area (TPSA) is 54.2 Å². The molecule has 0 aliphatic rings.